The molecule has 26 heavy (non-hydrogen) atoms. The number of urea groups is 1. The van der Waals surface area contributed by atoms with Gasteiger partial charge in [-0.3, -0.25) is 4.79 Å². The molecule has 5 heteroatoms. The van der Waals surface area contributed by atoms with Crippen LogP contribution < -0.4 is 10.6 Å². The molecule has 0 radical (unpaired) electrons. The molecule has 1 saturated carbocycles. The van der Waals surface area contributed by atoms with E-state index in [0.29, 0.717) is 12.5 Å². The van der Waals surface area contributed by atoms with Gasteiger partial charge in [0.2, 0.25) is 0 Å². The minimum absolute atomic E-state index is 0.194. The first-order chi connectivity index (χ1) is 12.6. The number of anilines is 1. The van der Waals surface area contributed by atoms with Crippen molar-refractivity contribution >= 4 is 17.7 Å². The third-order valence-corrected chi connectivity index (χ3v) is 5.01. The van der Waals surface area contributed by atoms with Crippen molar-refractivity contribution in [3.63, 3.8) is 0 Å². The van der Waals surface area contributed by atoms with Gasteiger partial charge < -0.3 is 15.7 Å². The van der Waals surface area contributed by atoms with Crippen molar-refractivity contribution in [3.05, 3.63) is 65.7 Å². The molecule has 0 unspecified atom stereocenters. The number of carboxylic acid groups (broad SMARTS) is 1. The molecule has 5 nitrogen and oxygen atoms in total. The predicted molar refractivity (Wildman–Crippen MR) is 101 cm³/mol. The van der Waals surface area contributed by atoms with E-state index in [9.17, 15) is 9.59 Å². The summed E-state index contributed by atoms with van der Waals surface area (Å²) >= 11 is 0. The molecule has 3 N–H and O–H groups in total. The van der Waals surface area contributed by atoms with Crippen molar-refractivity contribution in [1.29, 1.82) is 0 Å². The molecule has 0 heterocycles. The Morgan fingerprint density at radius 2 is 1.58 bits per heavy atom. The molecule has 0 saturated heterocycles. The largest absolute Gasteiger partial charge is 0.481 e. The molecular formula is C21H24N2O3. The summed E-state index contributed by atoms with van der Waals surface area (Å²) in [5.74, 6) is -0.462. The highest BCUT2D eigenvalue weighted by Crippen LogP contribution is 2.36. The summed E-state index contributed by atoms with van der Waals surface area (Å²) in [5.41, 5.74) is 3.01. The van der Waals surface area contributed by atoms with Gasteiger partial charge in [0.1, 0.15) is 0 Å². The smallest absolute Gasteiger partial charge is 0.319 e. The number of aliphatic carboxylic acids is 1. The van der Waals surface area contributed by atoms with Crippen molar-refractivity contribution in [2.24, 2.45) is 5.92 Å². The number of carbonyl (C=O) groups excluding carboxylic acids is 1. The van der Waals surface area contributed by atoms with Crippen LogP contribution in [0.25, 0.3) is 0 Å². The first kappa shape index (κ1) is 18.0. The second kappa shape index (κ2) is 8.52. The van der Waals surface area contributed by atoms with Gasteiger partial charge >= 0.3 is 12.0 Å². The number of nitrogens with one attached hydrogen (secondary N) is 2. The van der Waals surface area contributed by atoms with Crippen LogP contribution in [-0.2, 0) is 11.3 Å². The predicted octanol–water partition coefficient (Wildman–Crippen LogP) is 4.37. The minimum Gasteiger partial charge on any atom is -0.481 e. The quantitative estimate of drug-likeness (QED) is 0.748. The van der Waals surface area contributed by atoms with Gasteiger partial charge in [0.25, 0.3) is 0 Å². The van der Waals surface area contributed by atoms with Crippen LogP contribution in [0.1, 0.15) is 42.7 Å². The lowest BCUT2D eigenvalue weighted by atomic mass is 9.79. The van der Waals surface area contributed by atoms with E-state index in [2.05, 4.69) is 10.6 Å². The average molecular weight is 352 g/mol. The Bertz CT molecular complexity index is 736. The van der Waals surface area contributed by atoms with E-state index in [4.69, 9.17) is 5.11 Å². The minimum atomic E-state index is -0.676. The van der Waals surface area contributed by atoms with Gasteiger partial charge in [0.05, 0.1) is 5.92 Å². The second-order valence-electron chi connectivity index (χ2n) is 6.80. The zero-order valence-corrected chi connectivity index (χ0v) is 14.7. The van der Waals surface area contributed by atoms with Gasteiger partial charge in [0, 0.05) is 12.2 Å². The Balaban J connectivity index is 1.48. The highest BCUT2D eigenvalue weighted by Gasteiger charge is 2.26. The van der Waals surface area contributed by atoms with Crippen LogP contribution in [0.5, 0.6) is 0 Å². The summed E-state index contributed by atoms with van der Waals surface area (Å²) in [7, 11) is 0. The van der Waals surface area contributed by atoms with Crippen LogP contribution in [0.4, 0.5) is 10.5 Å². The zero-order valence-electron chi connectivity index (χ0n) is 14.7. The summed E-state index contributed by atoms with van der Waals surface area (Å²) in [6.45, 7) is 0.484. The number of carboxylic acids is 1. The maximum atomic E-state index is 12.0. The molecule has 0 spiro atoms. The number of carbonyl (C=O) groups is 2. The normalized spacial score (nSPS) is 19.5. The van der Waals surface area contributed by atoms with Gasteiger partial charge in [-0.15, -0.1) is 0 Å². The number of hydrogen-bond donors (Lipinski definition) is 3. The van der Waals surface area contributed by atoms with Crippen LogP contribution in [0.3, 0.4) is 0 Å². The molecular weight excluding hydrogens is 328 g/mol. The van der Waals surface area contributed by atoms with Crippen molar-refractivity contribution in [2.75, 3.05) is 5.32 Å². The Kier molecular flexibility index (Phi) is 5.89. The maximum Gasteiger partial charge on any atom is 0.319 e. The van der Waals surface area contributed by atoms with Crippen molar-refractivity contribution in [3.8, 4) is 0 Å². The fraction of sp³-hybridized carbons (Fsp3) is 0.333. The summed E-state index contributed by atoms with van der Waals surface area (Å²) in [4.78, 5) is 23.0. The van der Waals surface area contributed by atoms with E-state index in [1.807, 2.05) is 54.6 Å². The first-order valence-electron chi connectivity index (χ1n) is 9.03. The van der Waals surface area contributed by atoms with E-state index in [0.717, 1.165) is 36.9 Å². The summed E-state index contributed by atoms with van der Waals surface area (Å²) in [6, 6.07) is 17.4. The molecule has 1 aliphatic carbocycles. The average Bonchev–Trinajstić information content (AvgIpc) is 2.68. The van der Waals surface area contributed by atoms with Crippen LogP contribution >= 0.6 is 0 Å². The molecule has 0 aromatic heterocycles. The molecule has 2 amide bonds. The van der Waals surface area contributed by atoms with Gasteiger partial charge in [0.15, 0.2) is 0 Å². The van der Waals surface area contributed by atoms with Crippen LogP contribution in [0.2, 0.25) is 0 Å². The summed E-state index contributed by atoms with van der Waals surface area (Å²) < 4.78 is 0. The Morgan fingerprint density at radius 3 is 2.19 bits per heavy atom. The topological polar surface area (TPSA) is 78.4 Å². The lowest BCUT2D eigenvalue weighted by Crippen LogP contribution is -2.28. The highest BCUT2D eigenvalue weighted by molar-refractivity contribution is 5.89. The van der Waals surface area contributed by atoms with Crippen LogP contribution in [0.15, 0.2) is 54.6 Å². The molecule has 3 rings (SSSR count). The van der Waals surface area contributed by atoms with Crippen LogP contribution in [-0.4, -0.2) is 17.1 Å². The Labute approximate surface area is 153 Å². The summed E-state index contributed by atoms with van der Waals surface area (Å²) in [5, 5.41) is 14.8. The second-order valence-corrected chi connectivity index (χ2v) is 6.80. The maximum absolute atomic E-state index is 12.0. The molecule has 0 atom stereocenters. The SMILES string of the molecule is O=C(NCc1ccccc1)Nc1ccc([C@H]2CC[C@H](C(=O)O)CC2)cc1. The number of rotatable bonds is 5. The summed E-state index contributed by atoms with van der Waals surface area (Å²) in [6.07, 6.45) is 3.28. The lowest BCUT2D eigenvalue weighted by molar-refractivity contribution is -0.142. The van der Waals surface area contributed by atoms with Gasteiger partial charge in [-0.1, -0.05) is 42.5 Å². The molecule has 1 fully saturated rings. The number of amides is 2. The first-order valence-corrected chi connectivity index (χ1v) is 9.03. The lowest BCUT2D eigenvalue weighted by Gasteiger charge is -2.26. The molecule has 2 aromatic carbocycles. The Morgan fingerprint density at radius 1 is 0.923 bits per heavy atom. The van der Waals surface area contributed by atoms with E-state index in [1.165, 1.54) is 5.56 Å². The monoisotopic (exact) mass is 352 g/mol. The van der Waals surface area contributed by atoms with E-state index < -0.39 is 5.97 Å². The van der Waals surface area contributed by atoms with Crippen molar-refractivity contribution in [2.45, 2.75) is 38.1 Å². The molecule has 1 aliphatic rings. The van der Waals surface area contributed by atoms with Crippen LogP contribution in [0, 0.1) is 5.92 Å². The van der Waals surface area contributed by atoms with E-state index in [1.54, 1.807) is 0 Å². The molecule has 0 aliphatic heterocycles. The molecule has 0 bridgehead atoms. The third kappa shape index (κ3) is 4.85. The Hall–Kier alpha value is -2.82. The van der Waals surface area contributed by atoms with E-state index in [-0.39, 0.29) is 11.9 Å². The third-order valence-electron chi connectivity index (χ3n) is 5.01. The zero-order chi connectivity index (χ0) is 18.4. The van der Waals surface area contributed by atoms with Gasteiger partial charge in [-0.05, 0) is 54.9 Å². The van der Waals surface area contributed by atoms with Crippen molar-refractivity contribution < 1.29 is 14.7 Å². The molecule has 136 valence electrons. The van der Waals surface area contributed by atoms with E-state index >= 15 is 0 Å². The van der Waals surface area contributed by atoms with Gasteiger partial charge in [-0.25, -0.2) is 4.79 Å². The van der Waals surface area contributed by atoms with Gasteiger partial charge in [-0.2, -0.15) is 0 Å². The fourth-order valence-electron chi connectivity index (χ4n) is 3.47. The fourth-order valence-corrected chi connectivity index (χ4v) is 3.47. The molecule has 2 aromatic rings. The van der Waals surface area contributed by atoms with Crippen molar-refractivity contribution in [1.82, 2.24) is 5.32 Å². The number of hydrogen-bond acceptors (Lipinski definition) is 2. The highest BCUT2D eigenvalue weighted by atomic mass is 16.4. The standard InChI is InChI=1S/C21H24N2O3/c24-20(25)18-8-6-16(7-9-18)17-10-12-19(13-11-17)23-21(26)22-14-15-4-2-1-3-5-15/h1-5,10-13,16,18H,6-9,14H2,(H,24,25)(H2,22,23,26)/t16-,18-. The number of benzene rings is 2.